The summed E-state index contributed by atoms with van der Waals surface area (Å²) in [6.45, 7) is 10.5. The molecule has 0 aliphatic carbocycles. The molecule has 0 atom stereocenters. The second-order valence-electron chi connectivity index (χ2n) is 6.14. The molecule has 136 valence electrons. The van der Waals surface area contributed by atoms with Crippen LogP contribution in [0.2, 0.25) is 0 Å². The summed E-state index contributed by atoms with van der Waals surface area (Å²) in [5.74, 6) is -0.301. The lowest BCUT2D eigenvalue weighted by molar-refractivity contribution is -0.137. The monoisotopic (exact) mass is 359 g/mol. The summed E-state index contributed by atoms with van der Waals surface area (Å²) in [6.07, 6.45) is 11.7. The summed E-state index contributed by atoms with van der Waals surface area (Å²) in [5, 5.41) is 1.30. The van der Waals surface area contributed by atoms with Crippen molar-refractivity contribution in [1.29, 1.82) is 0 Å². The molecule has 0 N–H and O–H groups in total. The van der Waals surface area contributed by atoms with Gasteiger partial charge in [-0.3, -0.25) is 0 Å². The maximum Gasteiger partial charge on any atom is 0.330 e. The number of thiophene rings is 1. The molecule has 4 heteroatoms. The van der Waals surface area contributed by atoms with E-state index in [1.165, 1.54) is 27.1 Å². The maximum atomic E-state index is 11.4. The van der Waals surface area contributed by atoms with Crippen molar-refractivity contribution in [3.8, 4) is 0 Å². The molecule has 0 spiro atoms. The number of hydrogen-bond donors (Lipinski definition) is 0. The van der Waals surface area contributed by atoms with Crippen LogP contribution in [0.5, 0.6) is 0 Å². The van der Waals surface area contributed by atoms with Crippen molar-refractivity contribution < 1.29 is 9.53 Å². The average Bonchev–Trinajstić information content (AvgIpc) is 2.80. The van der Waals surface area contributed by atoms with E-state index in [1.807, 2.05) is 36.5 Å². The molecular formula is C21H29NO2S. The van der Waals surface area contributed by atoms with Crippen molar-refractivity contribution in [2.45, 2.75) is 34.6 Å². The normalized spacial score (nSPS) is 13.1. The Hall–Kier alpha value is -2.07. The number of anilines is 1. The van der Waals surface area contributed by atoms with Gasteiger partial charge in [0.2, 0.25) is 0 Å². The number of allylic oxidation sites excluding steroid dienone is 6. The number of nitrogens with zero attached hydrogens (tertiary/aromatic N) is 1. The van der Waals surface area contributed by atoms with Crippen LogP contribution in [0, 0.1) is 13.8 Å². The maximum absolute atomic E-state index is 11.4. The van der Waals surface area contributed by atoms with E-state index in [9.17, 15) is 4.79 Å². The Bertz CT molecular complexity index is 718. The summed E-state index contributed by atoms with van der Waals surface area (Å²) in [7, 11) is 4.15. The molecule has 3 nitrogen and oxygen atoms in total. The molecule has 0 aliphatic rings. The molecule has 0 saturated heterocycles. The zero-order valence-corrected chi connectivity index (χ0v) is 17.2. The highest BCUT2D eigenvalue weighted by Gasteiger charge is 2.10. The van der Waals surface area contributed by atoms with Crippen LogP contribution in [-0.4, -0.2) is 26.7 Å². The zero-order chi connectivity index (χ0) is 19.0. The minimum absolute atomic E-state index is 0.301. The Morgan fingerprint density at radius 2 is 1.84 bits per heavy atom. The van der Waals surface area contributed by atoms with Crippen LogP contribution in [0.3, 0.4) is 0 Å². The fourth-order valence-corrected chi connectivity index (χ4v) is 3.43. The number of carbonyl (C=O) groups excluding carboxylic acids is 1. The first kappa shape index (κ1) is 21.0. The molecule has 0 aliphatic heterocycles. The molecule has 25 heavy (non-hydrogen) atoms. The molecule has 1 rings (SSSR count). The minimum Gasteiger partial charge on any atom is -0.463 e. The summed E-state index contributed by atoms with van der Waals surface area (Å²) in [4.78, 5) is 14.9. The van der Waals surface area contributed by atoms with Gasteiger partial charge in [-0.2, -0.15) is 0 Å². The van der Waals surface area contributed by atoms with E-state index >= 15 is 0 Å². The fourth-order valence-electron chi connectivity index (χ4n) is 2.36. The van der Waals surface area contributed by atoms with Crippen molar-refractivity contribution in [2.75, 3.05) is 25.6 Å². The molecule has 0 fully saturated rings. The molecular weight excluding hydrogens is 330 g/mol. The highest BCUT2D eigenvalue weighted by molar-refractivity contribution is 7.16. The lowest BCUT2D eigenvalue weighted by Crippen LogP contribution is -2.07. The lowest BCUT2D eigenvalue weighted by Gasteiger charge is -2.10. The number of aryl methyl sites for hydroxylation is 1. The van der Waals surface area contributed by atoms with Gasteiger partial charge in [0, 0.05) is 25.0 Å². The van der Waals surface area contributed by atoms with Gasteiger partial charge in [-0.1, -0.05) is 36.0 Å². The van der Waals surface area contributed by atoms with Crippen molar-refractivity contribution in [3.05, 3.63) is 57.5 Å². The van der Waals surface area contributed by atoms with E-state index < -0.39 is 0 Å². The molecule has 0 bridgehead atoms. The summed E-state index contributed by atoms with van der Waals surface area (Å²) in [5.41, 5.74) is 4.63. The average molecular weight is 360 g/mol. The van der Waals surface area contributed by atoms with Crippen molar-refractivity contribution >= 4 is 28.4 Å². The zero-order valence-electron chi connectivity index (χ0n) is 16.3. The van der Waals surface area contributed by atoms with Crippen LogP contribution in [-0.2, 0) is 9.53 Å². The molecule has 0 amide bonds. The van der Waals surface area contributed by atoms with Gasteiger partial charge in [-0.25, -0.2) is 4.79 Å². The Morgan fingerprint density at radius 1 is 1.16 bits per heavy atom. The molecule has 1 aromatic rings. The second kappa shape index (κ2) is 10.0. The first-order valence-electron chi connectivity index (χ1n) is 8.41. The van der Waals surface area contributed by atoms with Gasteiger partial charge in [0.1, 0.15) is 0 Å². The van der Waals surface area contributed by atoms with Crippen LogP contribution >= 0.6 is 11.3 Å². The highest BCUT2D eigenvalue weighted by Crippen LogP contribution is 2.34. The summed E-state index contributed by atoms with van der Waals surface area (Å²) >= 11 is 1.82. The largest absolute Gasteiger partial charge is 0.463 e. The number of carbonyl (C=O) groups is 1. The number of rotatable bonds is 7. The fraction of sp³-hybridized carbons (Fsp3) is 0.381. The third kappa shape index (κ3) is 6.75. The molecule has 0 unspecified atom stereocenters. The summed E-state index contributed by atoms with van der Waals surface area (Å²) < 4.78 is 4.89. The van der Waals surface area contributed by atoms with Gasteiger partial charge < -0.3 is 9.64 Å². The van der Waals surface area contributed by atoms with Gasteiger partial charge >= 0.3 is 5.97 Å². The predicted octanol–water partition coefficient (Wildman–Crippen LogP) is 5.46. The Morgan fingerprint density at radius 3 is 2.40 bits per heavy atom. The molecule has 1 heterocycles. The van der Waals surface area contributed by atoms with Crippen molar-refractivity contribution in [1.82, 2.24) is 0 Å². The lowest BCUT2D eigenvalue weighted by atomic mass is 10.1. The third-order valence-electron chi connectivity index (χ3n) is 3.62. The molecule has 1 aromatic heterocycles. The van der Waals surface area contributed by atoms with E-state index in [-0.39, 0.29) is 5.97 Å². The van der Waals surface area contributed by atoms with Crippen LogP contribution in [0.4, 0.5) is 5.00 Å². The summed E-state index contributed by atoms with van der Waals surface area (Å²) in [6, 6.07) is 0. The minimum atomic E-state index is -0.301. The van der Waals surface area contributed by atoms with Crippen molar-refractivity contribution in [3.63, 3.8) is 0 Å². The van der Waals surface area contributed by atoms with Gasteiger partial charge in [-0.05, 0) is 51.3 Å². The Balaban J connectivity index is 2.80. The highest BCUT2D eigenvalue weighted by atomic mass is 32.1. The second-order valence-corrected chi connectivity index (χ2v) is 7.34. The molecule has 0 saturated carbocycles. The standard InChI is InChI=1S/C21H29NO2S/c1-8-24-20(23)14-16(3)11-9-10-15(2)12-13-19-17(4)21(22(6)7)25-18(19)5/h9-14H,8H2,1-7H3/b11-9+,13-12+,15-10+,16-14+. The van der Waals surface area contributed by atoms with E-state index in [0.717, 1.165) is 11.1 Å². The number of ether oxygens (including phenoxy) is 1. The van der Waals surface area contributed by atoms with E-state index in [4.69, 9.17) is 4.74 Å². The topological polar surface area (TPSA) is 29.5 Å². The SMILES string of the molecule is CCOC(=O)/C=C(C)/C=C/C=C(C)/C=C/c1c(C)sc(N(C)C)c1C. The number of esters is 1. The Labute approximate surface area is 156 Å². The number of hydrogen-bond acceptors (Lipinski definition) is 4. The van der Waals surface area contributed by atoms with Crippen LogP contribution < -0.4 is 4.90 Å². The van der Waals surface area contributed by atoms with Crippen molar-refractivity contribution in [2.24, 2.45) is 0 Å². The van der Waals surface area contributed by atoms with Gasteiger partial charge in [-0.15, -0.1) is 11.3 Å². The quantitative estimate of drug-likeness (QED) is 0.368. The van der Waals surface area contributed by atoms with Gasteiger partial charge in [0.15, 0.2) is 0 Å². The molecule has 0 radical (unpaired) electrons. The van der Waals surface area contributed by atoms with E-state index in [1.54, 1.807) is 6.92 Å². The smallest absolute Gasteiger partial charge is 0.330 e. The predicted molar refractivity (Wildman–Crippen MR) is 110 cm³/mol. The van der Waals surface area contributed by atoms with Crippen LogP contribution in [0.1, 0.15) is 36.8 Å². The first-order valence-corrected chi connectivity index (χ1v) is 9.23. The Kier molecular flexibility index (Phi) is 8.42. The first-order chi connectivity index (χ1) is 11.8. The van der Waals surface area contributed by atoms with E-state index in [2.05, 4.69) is 51.9 Å². The van der Waals surface area contributed by atoms with Crippen LogP contribution in [0.25, 0.3) is 6.08 Å². The van der Waals surface area contributed by atoms with Gasteiger partial charge in [0.25, 0.3) is 0 Å². The van der Waals surface area contributed by atoms with E-state index in [0.29, 0.717) is 6.61 Å². The third-order valence-corrected chi connectivity index (χ3v) is 5.01. The molecule has 0 aromatic carbocycles. The van der Waals surface area contributed by atoms with Crippen LogP contribution in [0.15, 0.2) is 41.5 Å². The van der Waals surface area contributed by atoms with Gasteiger partial charge in [0.05, 0.1) is 11.6 Å².